The number of hydrogen-bond acceptors (Lipinski definition) is 3. The third kappa shape index (κ3) is 2.77. The van der Waals surface area contributed by atoms with Crippen molar-refractivity contribution in [3.05, 3.63) is 48.3 Å². The van der Waals surface area contributed by atoms with Crippen LogP contribution in [0.4, 0.5) is 0 Å². The molecule has 1 amide bonds. The summed E-state index contributed by atoms with van der Waals surface area (Å²) in [5, 5.41) is 7.87. The standard InChI is InChI=1S/C18H22N4O/c1-21(17-11-14-6-7-15(12-17)20-14)18(23)13-4-2-5-16(10-13)22-9-3-8-19-22/h2-5,8-10,14-15,17,20H,6-7,11-12H2,1H3. The fraction of sp³-hybridized carbons (Fsp3) is 0.444. The number of nitrogens with one attached hydrogen (secondary N) is 1. The largest absolute Gasteiger partial charge is 0.339 e. The fourth-order valence-corrected chi connectivity index (χ4v) is 3.92. The lowest BCUT2D eigenvalue weighted by Crippen LogP contribution is -2.48. The Bertz CT molecular complexity index is 685. The Morgan fingerprint density at radius 2 is 2.04 bits per heavy atom. The molecular weight excluding hydrogens is 288 g/mol. The van der Waals surface area contributed by atoms with Gasteiger partial charge >= 0.3 is 0 Å². The van der Waals surface area contributed by atoms with Crippen molar-refractivity contribution in [1.82, 2.24) is 20.0 Å². The van der Waals surface area contributed by atoms with E-state index in [1.807, 2.05) is 48.5 Å². The van der Waals surface area contributed by atoms with Crippen molar-refractivity contribution in [3.8, 4) is 5.69 Å². The van der Waals surface area contributed by atoms with Crippen LogP contribution in [0.15, 0.2) is 42.7 Å². The van der Waals surface area contributed by atoms with Crippen LogP contribution in [0.2, 0.25) is 0 Å². The number of nitrogens with zero attached hydrogens (tertiary/aromatic N) is 3. The minimum absolute atomic E-state index is 0.102. The highest BCUT2D eigenvalue weighted by Gasteiger charge is 2.36. The SMILES string of the molecule is CN(C(=O)c1cccc(-n2cccn2)c1)C1CC2CCC(C1)N2. The van der Waals surface area contributed by atoms with Gasteiger partial charge in [0.05, 0.1) is 5.69 Å². The first-order valence-corrected chi connectivity index (χ1v) is 8.34. The zero-order chi connectivity index (χ0) is 15.8. The summed E-state index contributed by atoms with van der Waals surface area (Å²) in [6.45, 7) is 0. The molecule has 3 heterocycles. The molecule has 1 aromatic carbocycles. The topological polar surface area (TPSA) is 50.2 Å². The van der Waals surface area contributed by atoms with Crippen LogP contribution in [0.1, 0.15) is 36.0 Å². The van der Waals surface area contributed by atoms with Crippen LogP contribution in [0, 0.1) is 0 Å². The van der Waals surface area contributed by atoms with Crippen LogP contribution in [0.3, 0.4) is 0 Å². The van der Waals surface area contributed by atoms with Crippen LogP contribution < -0.4 is 5.32 Å². The third-order valence-corrected chi connectivity index (χ3v) is 5.18. The van der Waals surface area contributed by atoms with E-state index in [2.05, 4.69) is 10.4 Å². The number of benzene rings is 1. The molecule has 2 saturated heterocycles. The van der Waals surface area contributed by atoms with Crippen LogP contribution in [0.25, 0.3) is 5.69 Å². The highest BCUT2D eigenvalue weighted by atomic mass is 16.2. The summed E-state index contributed by atoms with van der Waals surface area (Å²) < 4.78 is 1.78. The van der Waals surface area contributed by atoms with Crippen LogP contribution in [-0.4, -0.2) is 45.8 Å². The van der Waals surface area contributed by atoms with E-state index < -0.39 is 0 Å². The van der Waals surface area contributed by atoms with Crippen LogP contribution in [0.5, 0.6) is 0 Å². The van der Waals surface area contributed by atoms with Crippen molar-refractivity contribution >= 4 is 5.91 Å². The smallest absolute Gasteiger partial charge is 0.253 e. The van der Waals surface area contributed by atoms with E-state index >= 15 is 0 Å². The van der Waals surface area contributed by atoms with Gasteiger partial charge < -0.3 is 10.2 Å². The average Bonchev–Trinajstić information content (AvgIpc) is 3.23. The van der Waals surface area contributed by atoms with Crippen molar-refractivity contribution < 1.29 is 4.79 Å². The molecule has 2 bridgehead atoms. The minimum atomic E-state index is 0.102. The number of piperidine rings is 1. The Kier molecular flexibility index (Phi) is 3.65. The normalized spacial score (nSPS) is 26.2. The molecule has 0 radical (unpaired) electrons. The van der Waals surface area contributed by atoms with Crippen molar-refractivity contribution in [1.29, 1.82) is 0 Å². The molecule has 2 aliphatic rings. The zero-order valence-corrected chi connectivity index (χ0v) is 13.4. The van der Waals surface area contributed by atoms with Gasteiger partial charge in [-0.1, -0.05) is 6.07 Å². The van der Waals surface area contributed by atoms with Gasteiger partial charge in [0.1, 0.15) is 0 Å². The summed E-state index contributed by atoms with van der Waals surface area (Å²) in [7, 11) is 1.94. The lowest BCUT2D eigenvalue weighted by atomic mass is 9.98. The Labute approximate surface area is 136 Å². The lowest BCUT2D eigenvalue weighted by molar-refractivity contribution is 0.0681. The van der Waals surface area contributed by atoms with Gasteiger partial charge in [-0.2, -0.15) is 5.10 Å². The maximum atomic E-state index is 12.9. The van der Waals surface area contributed by atoms with Crippen molar-refractivity contribution in [3.63, 3.8) is 0 Å². The molecule has 120 valence electrons. The van der Waals surface area contributed by atoms with E-state index in [0.717, 1.165) is 24.1 Å². The second-order valence-corrected chi connectivity index (χ2v) is 6.68. The number of fused-ring (bicyclic) bond motifs is 2. The highest BCUT2D eigenvalue weighted by Crippen LogP contribution is 2.29. The first-order valence-electron chi connectivity index (χ1n) is 8.34. The first-order chi connectivity index (χ1) is 11.2. The molecule has 0 saturated carbocycles. The van der Waals surface area contributed by atoms with E-state index in [1.165, 1.54) is 12.8 Å². The predicted molar refractivity (Wildman–Crippen MR) is 88.6 cm³/mol. The molecule has 1 N–H and O–H groups in total. The van der Waals surface area contributed by atoms with E-state index in [9.17, 15) is 4.79 Å². The quantitative estimate of drug-likeness (QED) is 0.946. The average molecular weight is 310 g/mol. The molecule has 4 rings (SSSR count). The Morgan fingerprint density at radius 3 is 2.74 bits per heavy atom. The summed E-state index contributed by atoms with van der Waals surface area (Å²) in [5.74, 6) is 0.102. The predicted octanol–water partition coefficient (Wildman–Crippen LogP) is 2.23. The zero-order valence-electron chi connectivity index (χ0n) is 13.4. The minimum Gasteiger partial charge on any atom is -0.339 e. The van der Waals surface area contributed by atoms with Gasteiger partial charge in [0.2, 0.25) is 0 Å². The summed E-state index contributed by atoms with van der Waals surface area (Å²) >= 11 is 0. The lowest BCUT2D eigenvalue weighted by Gasteiger charge is -2.35. The van der Waals surface area contributed by atoms with Crippen molar-refractivity contribution in [2.45, 2.75) is 43.8 Å². The number of amides is 1. The van der Waals surface area contributed by atoms with Gasteiger partial charge in [-0.25, -0.2) is 4.68 Å². The third-order valence-electron chi connectivity index (χ3n) is 5.18. The summed E-state index contributed by atoms with van der Waals surface area (Å²) in [5.41, 5.74) is 1.64. The maximum absolute atomic E-state index is 12.9. The summed E-state index contributed by atoms with van der Waals surface area (Å²) in [4.78, 5) is 14.8. The number of hydrogen-bond donors (Lipinski definition) is 1. The van der Waals surface area contributed by atoms with Crippen LogP contribution >= 0.6 is 0 Å². The Hall–Kier alpha value is -2.14. The molecule has 2 aromatic rings. The monoisotopic (exact) mass is 310 g/mol. The molecule has 0 aliphatic carbocycles. The number of carbonyl (C=O) groups excluding carboxylic acids is 1. The highest BCUT2D eigenvalue weighted by molar-refractivity contribution is 5.94. The first kappa shape index (κ1) is 14.5. The van der Waals surface area contributed by atoms with Gasteiger partial charge in [-0.05, 0) is 49.9 Å². The molecule has 1 aromatic heterocycles. The molecule has 2 atom stereocenters. The molecule has 2 fully saturated rings. The number of carbonyl (C=O) groups is 1. The molecule has 2 unspecified atom stereocenters. The van der Waals surface area contributed by atoms with E-state index in [-0.39, 0.29) is 5.91 Å². The van der Waals surface area contributed by atoms with Gasteiger partial charge in [-0.15, -0.1) is 0 Å². The Morgan fingerprint density at radius 1 is 1.26 bits per heavy atom. The van der Waals surface area contributed by atoms with Crippen LogP contribution in [-0.2, 0) is 0 Å². The summed E-state index contributed by atoms with van der Waals surface area (Å²) in [6.07, 6.45) is 8.26. The van der Waals surface area contributed by atoms with E-state index in [1.54, 1.807) is 10.9 Å². The van der Waals surface area contributed by atoms with Gasteiger partial charge in [0.15, 0.2) is 0 Å². The Balaban J connectivity index is 1.53. The summed E-state index contributed by atoms with van der Waals surface area (Å²) in [6, 6.07) is 11.1. The maximum Gasteiger partial charge on any atom is 0.253 e. The number of rotatable bonds is 3. The number of aromatic nitrogens is 2. The molecule has 0 spiro atoms. The second-order valence-electron chi connectivity index (χ2n) is 6.68. The second kappa shape index (κ2) is 5.81. The molecule has 2 aliphatic heterocycles. The molecule has 5 heteroatoms. The van der Waals surface area contributed by atoms with Gasteiger partial charge in [-0.3, -0.25) is 4.79 Å². The van der Waals surface area contributed by atoms with Gasteiger partial charge in [0, 0.05) is 43.1 Å². The fourth-order valence-electron chi connectivity index (χ4n) is 3.92. The van der Waals surface area contributed by atoms with Crippen molar-refractivity contribution in [2.75, 3.05) is 7.05 Å². The van der Waals surface area contributed by atoms with E-state index in [0.29, 0.717) is 18.1 Å². The molecule has 5 nitrogen and oxygen atoms in total. The van der Waals surface area contributed by atoms with Crippen molar-refractivity contribution in [2.24, 2.45) is 0 Å². The molecule has 23 heavy (non-hydrogen) atoms. The van der Waals surface area contributed by atoms with E-state index in [4.69, 9.17) is 0 Å². The van der Waals surface area contributed by atoms with Gasteiger partial charge in [0.25, 0.3) is 5.91 Å². The molecular formula is C18H22N4O.